The Hall–Kier alpha value is -3.58. The van der Waals surface area contributed by atoms with Crippen LogP contribution in [0.1, 0.15) is 151 Å². The Morgan fingerprint density at radius 2 is 1.51 bits per heavy atom. The van der Waals surface area contributed by atoms with Crippen molar-refractivity contribution in [2.24, 2.45) is 17.1 Å². The smallest absolute Gasteiger partial charge is 0.0390 e. The fourth-order valence-electron chi connectivity index (χ4n) is 7.84. The summed E-state index contributed by atoms with van der Waals surface area (Å²) in [5.41, 5.74) is 19.3. The first-order chi connectivity index (χ1) is 23.7. The SMILES string of the molecule is C/C=C/C=C(\N)c1cc(Cc2cc(C3=CCC(C)(C(CC)CCCCC)C=C3)cc(-c3ccc(C(CC)CCCCC)cc3)c2)ccc1C. The molecule has 3 unspecified atom stereocenters. The molecule has 1 aliphatic carbocycles. The van der Waals surface area contributed by atoms with Crippen molar-refractivity contribution in [3.63, 3.8) is 0 Å². The molecule has 0 spiro atoms. The minimum Gasteiger partial charge on any atom is -0.398 e. The average Bonchev–Trinajstić information content (AvgIpc) is 3.12. The van der Waals surface area contributed by atoms with Crippen molar-refractivity contribution in [3.05, 3.63) is 131 Å². The Balaban J connectivity index is 1.69. The van der Waals surface area contributed by atoms with Crippen molar-refractivity contribution in [1.82, 2.24) is 0 Å². The van der Waals surface area contributed by atoms with Crippen LogP contribution in [0.3, 0.4) is 0 Å². The van der Waals surface area contributed by atoms with E-state index in [1.54, 1.807) is 0 Å². The molecule has 0 aromatic heterocycles. The molecular weight excluding hydrogens is 591 g/mol. The number of rotatable bonds is 18. The second kappa shape index (κ2) is 19.0. The van der Waals surface area contributed by atoms with E-state index in [0.29, 0.717) is 5.92 Å². The molecule has 49 heavy (non-hydrogen) atoms. The van der Waals surface area contributed by atoms with E-state index in [-0.39, 0.29) is 5.41 Å². The van der Waals surface area contributed by atoms with E-state index in [1.165, 1.54) is 109 Å². The predicted octanol–water partition coefficient (Wildman–Crippen LogP) is 14.2. The third-order valence-electron chi connectivity index (χ3n) is 11.2. The van der Waals surface area contributed by atoms with E-state index in [9.17, 15) is 0 Å². The maximum atomic E-state index is 6.52. The third-order valence-corrected chi connectivity index (χ3v) is 11.2. The largest absolute Gasteiger partial charge is 0.398 e. The van der Waals surface area contributed by atoms with Crippen LogP contribution in [0.4, 0.5) is 0 Å². The van der Waals surface area contributed by atoms with Gasteiger partial charge in [0.25, 0.3) is 0 Å². The topological polar surface area (TPSA) is 26.0 Å². The lowest BCUT2D eigenvalue weighted by Gasteiger charge is -2.36. The highest BCUT2D eigenvalue weighted by atomic mass is 14.6. The summed E-state index contributed by atoms with van der Waals surface area (Å²) in [5.74, 6) is 1.38. The molecule has 3 aromatic carbocycles. The molecule has 3 atom stereocenters. The van der Waals surface area contributed by atoms with Crippen LogP contribution in [0.15, 0.2) is 97.1 Å². The fourth-order valence-corrected chi connectivity index (χ4v) is 7.84. The highest BCUT2D eigenvalue weighted by Crippen LogP contribution is 2.43. The van der Waals surface area contributed by atoms with Gasteiger partial charge in [0.2, 0.25) is 0 Å². The van der Waals surface area contributed by atoms with Crippen molar-refractivity contribution in [1.29, 1.82) is 0 Å². The van der Waals surface area contributed by atoms with Crippen molar-refractivity contribution < 1.29 is 0 Å². The van der Waals surface area contributed by atoms with Crippen LogP contribution >= 0.6 is 0 Å². The third kappa shape index (κ3) is 10.5. The lowest BCUT2D eigenvalue weighted by molar-refractivity contribution is 0.227. The minimum absolute atomic E-state index is 0.230. The van der Waals surface area contributed by atoms with E-state index in [0.717, 1.165) is 30.0 Å². The van der Waals surface area contributed by atoms with Gasteiger partial charge in [0.15, 0.2) is 0 Å². The molecule has 1 aliphatic rings. The summed E-state index contributed by atoms with van der Waals surface area (Å²) in [7, 11) is 0. The van der Waals surface area contributed by atoms with Gasteiger partial charge in [-0.05, 0) is 126 Å². The standard InChI is InChI=1S/C48H65N/c1-8-13-16-18-39(11-4)40-23-25-41(26-24-40)43-32-38(31-37-22-21-36(6)46(34-37)47(49)20-15-10-3)33-44(35-43)42-27-29-48(7,30-28-42)45(12-5)19-17-14-9-2/h10,15,20-29,32-35,39,45H,8-9,11-14,16-19,30-31,49H2,1-7H3/b15-10+,47-20-. The second-order valence-electron chi connectivity index (χ2n) is 14.9. The lowest BCUT2D eigenvalue weighted by Crippen LogP contribution is -2.26. The van der Waals surface area contributed by atoms with Gasteiger partial charge in [-0.2, -0.15) is 0 Å². The molecule has 1 heteroatoms. The zero-order valence-electron chi connectivity index (χ0n) is 32.0. The molecule has 2 N–H and O–H groups in total. The summed E-state index contributed by atoms with van der Waals surface area (Å²) in [6, 6.07) is 23.5. The fraction of sp³-hybridized carbons (Fsp3) is 0.458. The Kier molecular flexibility index (Phi) is 14.8. The van der Waals surface area contributed by atoms with Gasteiger partial charge in [0.1, 0.15) is 0 Å². The van der Waals surface area contributed by atoms with Crippen molar-refractivity contribution in [2.75, 3.05) is 0 Å². The van der Waals surface area contributed by atoms with Gasteiger partial charge in [-0.15, -0.1) is 0 Å². The van der Waals surface area contributed by atoms with E-state index in [1.807, 2.05) is 25.2 Å². The number of hydrogen-bond acceptors (Lipinski definition) is 1. The molecule has 0 fully saturated rings. The van der Waals surface area contributed by atoms with Crippen LogP contribution in [-0.4, -0.2) is 0 Å². The normalized spacial score (nSPS) is 17.8. The van der Waals surface area contributed by atoms with Gasteiger partial charge < -0.3 is 5.73 Å². The van der Waals surface area contributed by atoms with E-state index >= 15 is 0 Å². The van der Waals surface area contributed by atoms with E-state index in [2.05, 4.69) is 120 Å². The maximum absolute atomic E-state index is 6.52. The second-order valence-corrected chi connectivity index (χ2v) is 14.9. The summed E-state index contributed by atoms with van der Waals surface area (Å²) < 4.78 is 0. The quantitative estimate of drug-likeness (QED) is 0.107. The number of benzene rings is 3. The number of hydrogen-bond donors (Lipinski definition) is 1. The number of unbranched alkanes of at least 4 members (excludes halogenated alkanes) is 4. The van der Waals surface area contributed by atoms with Crippen LogP contribution in [-0.2, 0) is 6.42 Å². The number of allylic oxidation sites excluding steroid dienone is 7. The van der Waals surface area contributed by atoms with E-state index < -0.39 is 0 Å². The molecule has 0 saturated carbocycles. The predicted molar refractivity (Wildman–Crippen MR) is 218 cm³/mol. The Bertz CT molecular complexity index is 1600. The van der Waals surface area contributed by atoms with Gasteiger partial charge >= 0.3 is 0 Å². The first-order valence-corrected chi connectivity index (χ1v) is 19.6. The van der Waals surface area contributed by atoms with Gasteiger partial charge in [-0.1, -0.05) is 158 Å². The van der Waals surface area contributed by atoms with Crippen LogP contribution in [0.25, 0.3) is 22.4 Å². The first kappa shape index (κ1) is 38.2. The summed E-state index contributed by atoms with van der Waals surface area (Å²) >= 11 is 0. The zero-order chi connectivity index (χ0) is 35.2. The van der Waals surface area contributed by atoms with Crippen LogP contribution < -0.4 is 5.73 Å². The Labute approximate surface area is 300 Å². The van der Waals surface area contributed by atoms with E-state index in [4.69, 9.17) is 5.73 Å². The molecule has 0 amide bonds. The summed E-state index contributed by atoms with van der Waals surface area (Å²) in [5, 5.41) is 0. The van der Waals surface area contributed by atoms with Crippen molar-refractivity contribution in [2.45, 2.75) is 131 Å². The lowest BCUT2D eigenvalue weighted by atomic mass is 9.68. The molecule has 0 radical (unpaired) electrons. The summed E-state index contributed by atoms with van der Waals surface area (Å²) in [4.78, 5) is 0. The molecule has 0 saturated heterocycles. The molecule has 4 rings (SSSR count). The van der Waals surface area contributed by atoms with Crippen LogP contribution in [0, 0.1) is 18.3 Å². The highest BCUT2D eigenvalue weighted by molar-refractivity contribution is 5.79. The monoisotopic (exact) mass is 656 g/mol. The van der Waals surface area contributed by atoms with Crippen LogP contribution in [0.2, 0.25) is 0 Å². The minimum atomic E-state index is 0.230. The van der Waals surface area contributed by atoms with Crippen molar-refractivity contribution in [3.8, 4) is 11.1 Å². The molecule has 1 nitrogen and oxygen atoms in total. The van der Waals surface area contributed by atoms with Crippen molar-refractivity contribution >= 4 is 11.3 Å². The molecule has 0 bridgehead atoms. The maximum Gasteiger partial charge on any atom is 0.0390 e. The molecule has 262 valence electrons. The highest BCUT2D eigenvalue weighted by Gasteiger charge is 2.31. The number of nitrogens with two attached hydrogens (primary N) is 1. The first-order valence-electron chi connectivity index (χ1n) is 19.6. The molecule has 0 heterocycles. The zero-order valence-corrected chi connectivity index (χ0v) is 32.0. The summed E-state index contributed by atoms with van der Waals surface area (Å²) in [6.07, 6.45) is 28.4. The average molecular weight is 656 g/mol. The summed E-state index contributed by atoms with van der Waals surface area (Å²) in [6.45, 7) is 16.0. The van der Waals surface area contributed by atoms with Gasteiger partial charge in [0.05, 0.1) is 0 Å². The molecule has 0 aliphatic heterocycles. The molecule has 3 aromatic rings. The molecular formula is C48H65N. The van der Waals surface area contributed by atoms with Gasteiger partial charge in [-0.3, -0.25) is 0 Å². The van der Waals surface area contributed by atoms with Crippen LogP contribution in [0.5, 0.6) is 0 Å². The Morgan fingerprint density at radius 1 is 0.796 bits per heavy atom. The van der Waals surface area contributed by atoms with Gasteiger partial charge in [0, 0.05) is 11.3 Å². The van der Waals surface area contributed by atoms with Gasteiger partial charge in [-0.25, -0.2) is 0 Å². The number of aryl methyl sites for hydroxylation is 1. The Morgan fingerprint density at radius 3 is 2.14 bits per heavy atom.